The highest BCUT2D eigenvalue weighted by Gasteiger charge is 2.38. The normalized spacial score (nSPS) is 29.3. The lowest BCUT2D eigenvalue weighted by molar-refractivity contribution is 0.00212. The molecular formula is C18H27N3S2. The van der Waals surface area contributed by atoms with Gasteiger partial charge in [-0.05, 0) is 67.9 Å². The Bertz CT molecular complexity index is 549. The molecule has 3 nitrogen and oxygen atoms in total. The Labute approximate surface area is 149 Å². The molecule has 0 radical (unpaired) electrons. The maximum absolute atomic E-state index is 5.47. The number of hydrogen-bond donors (Lipinski definition) is 2. The van der Waals surface area contributed by atoms with E-state index in [9.17, 15) is 0 Å². The van der Waals surface area contributed by atoms with Crippen LogP contribution in [0.2, 0.25) is 0 Å². The number of piperidine rings is 3. The standard InChI is InChI=1S/C18H27N3S2/c1-3-13-12-21-8-7-14(13)9-16(21)11-19-18(22)20-15-5-4-6-17(10-15)23-2/h4-6,10,13-14,16H,3,7-9,11-12H2,1-2H3,(H2,19,20,22). The summed E-state index contributed by atoms with van der Waals surface area (Å²) in [5.41, 5.74) is 1.06. The minimum Gasteiger partial charge on any atom is -0.361 e. The summed E-state index contributed by atoms with van der Waals surface area (Å²) in [6, 6.07) is 9.02. The summed E-state index contributed by atoms with van der Waals surface area (Å²) in [6.07, 6.45) is 6.13. The first kappa shape index (κ1) is 17.1. The molecule has 0 aliphatic carbocycles. The molecule has 0 aromatic heterocycles. The maximum Gasteiger partial charge on any atom is 0.170 e. The van der Waals surface area contributed by atoms with E-state index < -0.39 is 0 Å². The van der Waals surface area contributed by atoms with Crippen molar-refractivity contribution in [1.82, 2.24) is 10.2 Å². The Morgan fingerprint density at radius 3 is 3.00 bits per heavy atom. The summed E-state index contributed by atoms with van der Waals surface area (Å²) in [4.78, 5) is 3.91. The van der Waals surface area contributed by atoms with Gasteiger partial charge in [0.1, 0.15) is 0 Å². The topological polar surface area (TPSA) is 27.3 Å². The highest BCUT2D eigenvalue weighted by Crippen LogP contribution is 2.37. The number of fused-ring (bicyclic) bond motifs is 3. The molecule has 3 fully saturated rings. The second-order valence-corrected chi connectivity index (χ2v) is 7.96. The molecule has 126 valence electrons. The van der Waals surface area contributed by atoms with E-state index in [0.717, 1.165) is 29.2 Å². The summed E-state index contributed by atoms with van der Waals surface area (Å²) in [7, 11) is 0. The van der Waals surface area contributed by atoms with Gasteiger partial charge in [-0.2, -0.15) is 0 Å². The first-order chi connectivity index (χ1) is 11.2. The van der Waals surface area contributed by atoms with Gasteiger partial charge in [-0.25, -0.2) is 0 Å². The average molecular weight is 350 g/mol. The van der Waals surface area contributed by atoms with Crippen LogP contribution < -0.4 is 10.6 Å². The van der Waals surface area contributed by atoms with E-state index in [1.807, 2.05) is 0 Å². The van der Waals surface area contributed by atoms with Crippen molar-refractivity contribution in [2.24, 2.45) is 11.8 Å². The minimum atomic E-state index is 0.647. The van der Waals surface area contributed by atoms with Crippen molar-refractivity contribution >= 4 is 34.8 Å². The van der Waals surface area contributed by atoms with Crippen molar-refractivity contribution in [3.63, 3.8) is 0 Å². The second-order valence-electron chi connectivity index (χ2n) is 6.67. The van der Waals surface area contributed by atoms with Crippen LogP contribution in [-0.2, 0) is 0 Å². The summed E-state index contributed by atoms with van der Waals surface area (Å²) in [5.74, 6) is 1.84. The molecule has 2 bridgehead atoms. The van der Waals surface area contributed by atoms with Crippen LogP contribution in [0.4, 0.5) is 5.69 Å². The van der Waals surface area contributed by atoms with Gasteiger partial charge in [-0.15, -0.1) is 11.8 Å². The van der Waals surface area contributed by atoms with E-state index in [0.29, 0.717) is 6.04 Å². The van der Waals surface area contributed by atoms with Crippen LogP contribution in [-0.4, -0.2) is 41.9 Å². The fourth-order valence-corrected chi connectivity index (χ4v) is 4.67. The van der Waals surface area contributed by atoms with Gasteiger partial charge in [0.2, 0.25) is 0 Å². The minimum absolute atomic E-state index is 0.647. The number of anilines is 1. The Balaban J connectivity index is 1.48. The van der Waals surface area contributed by atoms with Crippen LogP contribution in [0.1, 0.15) is 26.2 Å². The lowest BCUT2D eigenvalue weighted by Crippen LogP contribution is -2.56. The molecule has 1 aromatic rings. The smallest absolute Gasteiger partial charge is 0.170 e. The molecule has 4 atom stereocenters. The lowest BCUT2D eigenvalue weighted by atomic mass is 9.74. The molecule has 3 saturated heterocycles. The molecule has 0 spiro atoms. The van der Waals surface area contributed by atoms with Gasteiger partial charge in [0.05, 0.1) is 0 Å². The number of nitrogens with zero attached hydrogens (tertiary/aromatic N) is 1. The van der Waals surface area contributed by atoms with E-state index in [1.165, 1.54) is 37.2 Å². The largest absolute Gasteiger partial charge is 0.361 e. The van der Waals surface area contributed by atoms with E-state index in [2.05, 4.69) is 53.0 Å². The van der Waals surface area contributed by atoms with E-state index in [-0.39, 0.29) is 0 Å². The summed E-state index contributed by atoms with van der Waals surface area (Å²) < 4.78 is 0. The van der Waals surface area contributed by atoms with Crippen LogP contribution in [0.25, 0.3) is 0 Å². The number of thioether (sulfide) groups is 1. The van der Waals surface area contributed by atoms with Gasteiger partial charge >= 0.3 is 0 Å². The first-order valence-corrected chi connectivity index (χ1v) is 10.3. The lowest BCUT2D eigenvalue weighted by Gasteiger charge is -2.50. The molecule has 4 unspecified atom stereocenters. The molecule has 0 saturated carbocycles. The zero-order chi connectivity index (χ0) is 16.2. The van der Waals surface area contributed by atoms with Crippen molar-refractivity contribution in [3.8, 4) is 0 Å². The van der Waals surface area contributed by atoms with E-state index >= 15 is 0 Å². The molecule has 3 heterocycles. The molecule has 3 aliphatic heterocycles. The van der Waals surface area contributed by atoms with Gasteiger partial charge in [-0.1, -0.05) is 19.4 Å². The number of benzene rings is 1. The molecule has 0 amide bonds. The van der Waals surface area contributed by atoms with Crippen molar-refractivity contribution in [2.45, 2.75) is 37.1 Å². The molecule has 5 heteroatoms. The Morgan fingerprint density at radius 1 is 1.43 bits per heavy atom. The third-order valence-corrected chi connectivity index (χ3v) is 6.34. The van der Waals surface area contributed by atoms with Crippen LogP contribution in [0.3, 0.4) is 0 Å². The molecule has 2 N–H and O–H groups in total. The van der Waals surface area contributed by atoms with Crippen molar-refractivity contribution < 1.29 is 0 Å². The summed E-state index contributed by atoms with van der Waals surface area (Å²) >= 11 is 7.21. The zero-order valence-corrected chi connectivity index (χ0v) is 15.7. The third kappa shape index (κ3) is 4.20. The van der Waals surface area contributed by atoms with Gasteiger partial charge in [0.15, 0.2) is 5.11 Å². The molecule has 23 heavy (non-hydrogen) atoms. The highest BCUT2D eigenvalue weighted by molar-refractivity contribution is 7.98. The number of hydrogen-bond acceptors (Lipinski definition) is 3. The third-order valence-electron chi connectivity index (χ3n) is 5.36. The van der Waals surface area contributed by atoms with Crippen molar-refractivity contribution in [2.75, 3.05) is 31.2 Å². The second kappa shape index (κ2) is 7.86. The number of thiocarbonyl (C=S) groups is 1. The number of nitrogens with one attached hydrogen (secondary N) is 2. The number of rotatable bonds is 5. The summed E-state index contributed by atoms with van der Waals surface area (Å²) in [6.45, 7) is 5.84. The Hall–Kier alpha value is -0.780. The molecule has 4 rings (SSSR count). The Kier molecular flexibility index (Phi) is 5.83. The van der Waals surface area contributed by atoms with Crippen molar-refractivity contribution in [3.05, 3.63) is 24.3 Å². The Morgan fingerprint density at radius 2 is 2.30 bits per heavy atom. The van der Waals surface area contributed by atoms with Gasteiger partial charge in [0.25, 0.3) is 0 Å². The van der Waals surface area contributed by atoms with E-state index in [1.54, 1.807) is 11.8 Å². The predicted molar refractivity (Wildman–Crippen MR) is 104 cm³/mol. The SMILES string of the molecule is CCC1CN2CCC1CC2CNC(=S)Nc1cccc(SC)c1. The fraction of sp³-hybridized carbons (Fsp3) is 0.611. The van der Waals surface area contributed by atoms with Gasteiger partial charge in [0, 0.05) is 29.7 Å². The van der Waals surface area contributed by atoms with Crippen molar-refractivity contribution in [1.29, 1.82) is 0 Å². The van der Waals surface area contributed by atoms with Crippen LogP contribution in [0, 0.1) is 11.8 Å². The molecule has 3 aliphatic rings. The van der Waals surface area contributed by atoms with Crippen LogP contribution in [0.15, 0.2) is 29.2 Å². The van der Waals surface area contributed by atoms with Gasteiger partial charge < -0.3 is 10.6 Å². The molecular weight excluding hydrogens is 322 g/mol. The first-order valence-electron chi connectivity index (χ1n) is 8.62. The van der Waals surface area contributed by atoms with Crippen LogP contribution in [0.5, 0.6) is 0 Å². The predicted octanol–water partition coefficient (Wildman–Crippen LogP) is 3.82. The van der Waals surface area contributed by atoms with Crippen LogP contribution >= 0.6 is 24.0 Å². The average Bonchev–Trinajstić information content (AvgIpc) is 2.60. The quantitative estimate of drug-likeness (QED) is 0.623. The molecule has 1 aromatic carbocycles. The zero-order valence-electron chi connectivity index (χ0n) is 14.0. The van der Waals surface area contributed by atoms with Gasteiger partial charge in [-0.3, -0.25) is 4.90 Å². The summed E-state index contributed by atoms with van der Waals surface area (Å²) in [5, 5.41) is 7.47. The van der Waals surface area contributed by atoms with E-state index in [4.69, 9.17) is 12.2 Å². The highest BCUT2D eigenvalue weighted by atomic mass is 32.2. The fourth-order valence-electron chi connectivity index (χ4n) is 4.01. The maximum atomic E-state index is 5.47. The monoisotopic (exact) mass is 349 g/mol.